The van der Waals surface area contributed by atoms with Crippen LogP contribution >= 0.6 is 0 Å². The van der Waals surface area contributed by atoms with E-state index in [0.29, 0.717) is 19.8 Å². The fourth-order valence-electron chi connectivity index (χ4n) is 4.77. The Morgan fingerprint density at radius 3 is 2.76 bits per heavy atom. The van der Waals surface area contributed by atoms with E-state index in [4.69, 9.17) is 9.84 Å². The van der Waals surface area contributed by atoms with E-state index in [2.05, 4.69) is 39.5 Å². The Morgan fingerprint density at radius 1 is 1.21 bits per heavy atom. The summed E-state index contributed by atoms with van der Waals surface area (Å²) in [5, 5.41) is 9.42. The van der Waals surface area contributed by atoms with Gasteiger partial charge >= 0.3 is 0 Å². The number of anilines is 1. The summed E-state index contributed by atoms with van der Waals surface area (Å²) in [5.74, 6) is 1.04. The molecule has 5 heterocycles. The van der Waals surface area contributed by atoms with Crippen molar-refractivity contribution in [1.29, 1.82) is 0 Å². The lowest BCUT2D eigenvalue weighted by atomic mass is 10.0. The summed E-state index contributed by atoms with van der Waals surface area (Å²) < 4.78 is 9.44. The van der Waals surface area contributed by atoms with Crippen molar-refractivity contribution in [3.8, 4) is 0 Å². The van der Waals surface area contributed by atoms with Crippen LogP contribution in [0.25, 0.3) is 5.57 Å². The van der Waals surface area contributed by atoms with Crippen LogP contribution in [0.2, 0.25) is 0 Å². The van der Waals surface area contributed by atoms with Gasteiger partial charge < -0.3 is 14.5 Å². The van der Waals surface area contributed by atoms with Gasteiger partial charge in [0.05, 0.1) is 32.0 Å². The second kappa shape index (κ2) is 9.02. The molecule has 0 N–H and O–H groups in total. The Kier molecular flexibility index (Phi) is 5.93. The zero-order chi connectivity index (χ0) is 22.9. The Balaban J connectivity index is 1.49. The maximum atomic E-state index is 12.1. The van der Waals surface area contributed by atoms with Gasteiger partial charge in [-0.25, -0.2) is 0 Å². The van der Waals surface area contributed by atoms with Gasteiger partial charge in [0.2, 0.25) is 5.91 Å². The largest absolute Gasteiger partial charge is 0.377 e. The lowest BCUT2D eigenvalue weighted by Crippen LogP contribution is -2.37. The third-order valence-corrected chi connectivity index (χ3v) is 6.77. The summed E-state index contributed by atoms with van der Waals surface area (Å²) in [6.07, 6.45) is 14.4. The van der Waals surface area contributed by atoms with Crippen molar-refractivity contribution in [2.24, 2.45) is 7.05 Å². The first-order chi connectivity index (χ1) is 16.0. The molecule has 8 nitrogen and oxygen atoms in total. The van der Waals surface area contributed by atoms with Crippen LogP contribution in [0.4, 0.5) is 5.82 Å². The molecule has 0 atom stereocenters. The number of aryl methyl sites for hydroxylation is 1. The maximum absolute atomic E-state index is 12.1. The lowest BCUT2D eigenvalue weighted by molar-refractivity contribution is -0.129. The molecule has 0 aromatic carbocycles. The highest BCUT2D eigenvalue weighted by atomic mass is 16.5. The summed E-state index contributed by atoms with van der Waals surface area (Å²) in [5.41, 5.74) is 5.56. The molecule has 1 fully saturated rings. The Bertz CT molecular complexity index is 1120. The van der Waals surface area contributed by atoms with E-state index in [9.17, 15) is 4.79 Å². The molecule has 0 aliphatic carbocycles. The molecule has 0 spiro atoms. The van der Waals surface area contributed by atoms with Gasteiger partial charge in [0.15, 0.2) is 5.82 Å². The summed E-state index contributed by atoms with van der Waals surface area (Å²) in [7, 11) is 1.94. The van der Waals surface area contributed by atoms with Gasteiger partial charge in [-0.05, 0) is 30.9 Å². The van der Waals surface area contributed by atoms with Gasteiger partial charge in [0.25, 0.3) is 0 Å². The zero-order valence-electron chi connectivity index (χ0n) is 19.5. The van der Waals surface area contributed by atoms with Crippen molar-refractivity contribution < 1.29 is 9.53 Å². The predicted octanol–water partition coefficient (Wildman–Crippen LogP) is 3.24. The van der Waals surface area contributed by atoms with Crippen LogP contribution in [0, 0.1) is 0 Å². The van der Waals surface area contributed by atoms with E-state index in [1.807, 2.05) is 29.0 Å². The predicted molar refractivity (Wildman–Crippen MR) is 128 cm³/mol. The monoisotopic (exact) mass is 448 g/mol. The van der Waals surface area contributed by atoms with Gasteiger partial charge in [0.1, 0.15) is 0 Å². The Hall–Kier alpha value is -3.13. The molecular formula is C25H32N6O2. The first kappa shape index (κ1) is 21.7. The van der Waals surface area contributed by atoms with E-state index in [0.717, 1.165) is 67.0 Å². The topological polar surface area (TPSA) is 68.4 Å². The molecule has 0 saturated carbocycles. The number of carbonyl (C=O) groups excluding carboxylic acids is 1. The molecular weight excluding hydrogens is 416 g/mol. The molecule has 1 saturated heterocycles. The van der Waals surface area contributed by atoms with E-state index < -0.39 is 0 Å². The maximum Gasteiger partial charge on any atom is 0.219 e. The van der Waals surface area contributed by atoms with Crippen LogP contribution < -0.4 is 4.90 Å². The van der Waals surface area contributed by atoms with E-state index in [-0.39, 0.29) is 11.9 Å². The number of allylic oxidation sites excluding steroid dienone is 4. The number of aromatic nitrogens is 4. The number of hydrogen-bond donors (Lipinski definition) is 0. The van der Waals surface area contributed by atoms with Crippen LogP contribution in [0.3, 0.4) is 0 Å². The third-order valence-electron chi connectivity index (χ3n) is 6.77. The van der Waals surface area contributed by atoms with Crippen molar-refractivity contribution in [3.05, 3.63) is 59.7 Å². The minimum absolute atomic E-state index is 0.109. The van der Waals surface area contributed by atoms with Crippen LogP contribution in [-0.4, -0.2) is 56.7 Å². The molecule has 0 unspecified atom stereocenters. The van der Waals surface area contributed by atoms with Gasteiger partial charge in [-0.1, -0.05) is 18.7 Å². The molecule has 174 valence electrons. The van der Waals surface area contributed by atoms with E-state index in [1.54, 1.807) is 6.92 Å². The summed E-state index contributed by atoms with van der Waals surface area (Å²) >= 11 is 0. The quantitative estimate of drug-likeness (QED) is 0.721. The molecule has 0 bridgehead atoms. The van der Waals surface area contributed by atoms with Crippen molar-refractivity contribution in [2.75, 3.05) is 31.2 Å². The van der Waals surface area contributed by atoms with Crippen LogP contribution in [0.1, 0.15) is 49.0 Å². The summed E-state index contributed by atoms with van der Waals surface area (Å²) in [6.45, 7) is 9.64. The molecule has 3 aliphatic rings. The van der Waals surface area contributed by atoms with Crippen LogP contribution in [-0.2, 0) is 29.5 Å². The standard InChI is InChI=1S/C25H32N6O2/c1-18-8-9-20(21-13-26-28(3)14-21)7-5-4-6-11-30(18)25-23-15-29(19(2)32)12-10-24(23)31(27-25)22-16-33-17-22/h7-9,13-14,22H,1,4-6,10-12,15-17H2,2-3H3/b9-8-,20-7+. The number of nitrogens with zero attached hydrogens (tertiary/aromatic N) is 6. The minimum Gasteiger partial charge on any atom is -0.377 e. The van der Waals surface area contributed by atoms with Crippen molar-refractivity contribution in [1.82, 2.24) is 24.5 Å². The van der Waals surface area contributed by atoms with Crippen molar-refractivity contribution in [2.45, 2.75) is 45.2 Å². The second-order valence-corrected chi connectivity index (χ2v) is 9.11. The molecule has 2 aromatic heterocycles. The molecule has 2 aromatic rings. The normalized spacial score (nSPS) is 22.4. The highest BCUT2D eigenvalue weighted by Crippen LogP contribution is 2.34. The average molecular weight is 449 g/mol. The SMILES string of the molecule is C=C1/C=C\C(c2cnn(C)c2)=C/CCCCN1c1nn(C2COC2)c2c1CN(C(C)=O)CC2. The minimum atomic E-state index is 0.109. The number of carbonyl (C=O) groups is 1. The fraction of sp³-hybridized carbons (Fsp3) is 0.480. The fourth-order valence-corrected chi connectivity index (χ4v) is 4.77. The smallest absolute Gasteiger partial charge is 0.219 e. The summed E-state index contributed by atoms with van der Waals surface area (Å²) in [6, 6.07) is 0.279. The first-order valence-corrected chi connectivity index (χ1v) is 11.8. The highest BCUT2D eigenvalue weighted by Gasteiger charge is 2.33. The number of fused-ring (bicyclic) bond motifs is 1. The molecule has 3 aliphatic heterocycles. The zero-order valence-corrected chi connectivity index (χ0v) is 19.5. The number of amides is 1. The van der Waals surface area contributed by atoms with Crippen LogP contribution in [0.15, 0.2) is 42.9 Å². The second-order valence-electron chi connectivity index (χ2n) is 9.11. The van der Waals surface area contributed by atoms with Gasteiger partial charge in [-0.2, -0.15) is 10.2 Å². The van der Waals surface area contributed by atoms with Crippen LogP contribution in [0.5, 0.6) is 0 Å². The molecule has 8 heteroatoms. The molecule has 33 heavy (non-hydrogen) atoms. The van der Waals surface area contributed by atoms with Crippen molar-refractivity contribution in [3.63, 3.8) is 0 Å². The average Bonchev–Trinajstić information content (AvgIpc) is 3.35. The van der Waals surface area contributed by atoms with Gasteiger partial charge in [0, 0.05) is 62.2 Å². The lowest BCUT2D eigenvalue weighted by Gasteiger charge is -2.31. The third kappa shape index (κ3) is 4.27. The first-order valence-electron chi connectivity index (χ1n) is 11.8. The van der Waals surface area contributed by atoms with E-state index >= 15 is 0 Å². The number of rotatable bonds is 3. The van der Waals surface area contributed by atoms with E-state index in [1.165, 1.54) is 5.69 Å². The Morgan fingerprint density at radius 2 is 2.06 bits per heavy atom. The van der Waals surface area contributed by atoms with Crippen molar-refractivity contribution >= 4 is 17.3 Å². The molecule has 5 rings (SSSR count). The number of ether oxygens (including phenoxy) is 1. The Labute approximate surface area is 194 Å². The number of hydrogen-bond acceptors (Lipinski definition) is 5. The van der Waals surface area contributed by atoms with Gasteiger partial charge in [-0.3, -0.25) is 14.2 Å². The molecule has 0 radical (unpaired) electrons. The van der Waals surface area contributed by atoms with Gasteiger partial charge in [-0.15, -0.1) is 0 Å². The summed E-state index contributed by atoms with van der Waals surface area (Å²) in [4.78, 5) is 16.3. The highest BCUT2D eigenvalue weighted by molar-refractivity contribution is 5.75. The molecule has 1 amide bonds.